The van der Waals surface area contributed by atoms with Gasteiger partial charge in [-0.3, -0.25) is 4.99 Å². The number of aliphatic hydroxyl groups is 1. The van der Waals surface area contributed by atoms with Crippen molar-refractivity contribution < 1.29 is 9.50 Å². The first kappa shape index (κ1) is 18.7. The molecule has 0 amide bonds. The smallest absolute Gasteiger partial charge is 0.191 e. The van der Waals surface area contributed by atoms with Crippen molar-refractivity contribution >= 4 is 5.96 Å². The summed E-state index contributed by atoms with van der Waals surface area (Å²) in [7, 11) is 0. The van der Waals surface area contributed by atoms with Crippen LogP contribution in [0.1, 0.15) is 45.1 Å². The fraction of sp³-hybridized carbons (Fsp3) is 0.632. The van der Waals surface area contributed by atoms with Crippen molar-refractivity contribution in [2.24, 2.45) is 10.4 Å². The van der Waals surface area contributed by atoms with Gasteiger partial charge in [0.15, 0.2) is 5.96 Å². The zero-order chi connectivity index (χ0) is 17.4. The van der Waals surface area contributed by atoms with Crippen LogP contribution in [0, 0.1) is 11.2 Å². The van der Waals surface area contributed by atoms with Crippen LogP contribution in [-0.4, -0.2) is 36.8 Å². The van der Waals surface area contributed by atoms with Crippen LogP contribution >= 0.6 is 0 Å². The van der Waals surface area contributed by atoms with Crippen molar-refractivity contribution in [2.75, 3.05) is 19.6 Å². The van der Waals surface area contributed by atoms with Crippen LogP contribution in [0.3, 0.4) is 0 Å². The summed E-state index contributed by atoms with van der Waals surface area (Å²) in [5, 5.41) is 16.8. The molecule has 5 heteroatoms. The van der Waals surface area contributed by atoms with E-state index in [-0.39, 0.29) is 17.3 Å². The average Bonchev–Trinajstić information content (AvgIpc) is 2.57. The van der Waals surface area contributed by atoms with Crippen LogP contribution in [0.15, 0.2) is 29.3 Å². The molecule has 24 heavy (non-hydrogen) atoms. The maximum atomic E-state index is 12.9. The highest BCUT2D eigenvalue weighted by molar-refractivity contribution is 5.79. The van der Waals surface area contributed by atoms with E-state index in [0.717, 1.165) is 56.7 Å². The van der Waals surface area contributed by atoms with Gasteiger partial charge >= 0.3 is 0 Å². The molecule has 134 valence electrons. The zero-order valence-corrected chi connectivity index (χ0v) is 14.8. The second-order valence-corrected chi connectivity index (χ2v) is 6.91. The maximum Gasteiger partial charge on any atom is 0.191 e. The predicted molar refractivity (Wildman–Crippen MR) is 96.7 cm³/mol. The first-order valence-electron chi connectivity index (χ1n) is 8.98. The van der Waals surface area contributed by atoms with E-state index in [9.17, 15) is 9.50 Å². The Morgan fingerprint density at radius 3 is 2.71 bits per heavy atom. The molecule has 2 rings (SSSR count). The van der Waals surface area contributed by atoms with E-state index in [1.807, 2.05) is 6.92 Å². The van der Waals surface area contributed by atoms with E-state index in [0.29, 0.717) is 6.54 Å². The van der Waals surface area contributed by atoms with E-state index in [4.69, 9.17) is 0 Å². The standard InChI is InChI=1S/C19H30FN3O/c1-3-21-18(22-13-11-15-7-9-16(20)10-8-15)23-14-19(2)12-5-4-6-17(19)24/h7-10,17,24H,3-6,11-14H2,1-2H3,(H2,21,22,23). The number of guanidine groups is 1. The molecule has 0 aromatic heterocycles. The Morgan fingerprint density at radius 1 is 1.29 bits per heavy atom. The van der Waals surface area contributed by atoms with Crippen LogP contribution in [-0.2, 0) is 6.42 Å². The molecule has 1 aliphatic rings. The average molecular weight is 335 g/mol. The SMILES string of the molecule is CCNC(=NCC1(C)CCCCC1O)NCCc1ccc(F)cc1. The lowest BCUT2D eigenvalue weighted by Crippen LogP contribution is -2.42. The molecule has 1 aliphatic carbocycles. The maximum absolute atomic E-state index is 12.9. The Bertz CT molecular complexity index is 532. The van der Waals surface area contributed by atoms with Crippen molar-refractivity contribution in [3.8, 4) is 0 Å². The Morgan fingerprint density at radius 2 is 2.04 bits per heavy atom. The first-order valence-corrected chi connectivity index (χ1v) is 8.98. The molecule has 0 saturated heterocycles. The number of halogens is 1. The van der Waals surface area contributed by atoms with Crippen LogP contribution in [0.5, 0.6) is 0 Å². The third-order valence-electron chi connectivity index (χ3n) is 4.84. The van der Waals surface area contributed by atoms with Crippen LogP contribution in [0.4, 0.5) is 4.39 Å². The van der Waals surface area contributed by atoms with Gasteiger partial charge < -0.3 is 15.7 Å². The molecule has 1 aromatic carbocycles. The highest BCUT2D eigenvalue weighted by Gasteiger charge is 2.35. The largest absolute Gasteiger partial charge is 0.392 e. The Kier molecular flexibility index (Phi) is 7.03. The van der Waals surface area contributed by atoms with E-state index in [2.05, 4.69) is 22.5 Å². The van der Waals surface area contributed by atoms with Gasteiger partial charge in [-0.25, -0.2) is 4.39 Å². The van der Waals surface area contributed by atoms with Gasteiger partial charge in [0.05, 0.1) is 12.6 Å². The molecule has 2 unspecified atom stereocenters. The number of nitrogens with one attached hydrogen (secondary N) is 2. The van der Waals surface area contributed by atoms with E-state index in [1.54, 1.807) is 12.1 Å². The number of nitrogens with zero attached hydrogens (tertiary/aromatic N) is 1. The summed E-state index contributed by atoms with van der Waals surface area (Å²) in [5.41, 5.74) is 0.965. The van der Waals surface area contributed by atoms with Crippen molar-refractivity contribution in [2.45, 2.75) is 52.1 Å². The fourth-order valence-corrected chi connectivity index (χ4v) is 3.14. The Labute approximate surface area is 144 Å². The number of aliphatic imine (C=N–C) groups is 1. The lowest BCUT2D eigenvalue weighted by atomic mass is 9.73. The van der Waals surface area contributed by atoms with Gasteiger partial charge in [0.1, 0.15) is 5.82 Å². The summed E-state index contributed by atoms with van der Waals surface area (Å²) in [5.74, 6) is 0.569. The van der Waals surface area contributed by atoms with Gasteiger partial charge in [-0.1, -0.05) is 31.9 Å². The topological polar surface area (TPSA) is 56.7 Å². The zero-order valence-electron chi connectivity index (χ0n) is 14.8. The quantitative estimate of drug-likeness (QED) is 0.553. The summed E-state index contributed by atoms with van der Waals surface area (Å²) in [4.78, 5) is 4.68. The number of benzene rings is 1. The number of rotatable bonds is 6. The third kappa shape index (κ3) is 5.48. The minimum atomic E-state index is -0.267. The van der Waals surface area contributed by atoms with Crippen LogP contribution < -0.4 is 10.6 Å². The van der Waals surface area contributed by atoms with Gasteiger partial charge in [-0.05, 0) is 43.9 Å². The Hall–Kier alpha value is -1.62. The third-order valence-corrected chi connectivity index (χ3v) is 4.84. The van der Waals surface area contributed by atoms with Crippen molar-refractivity contribution in [3.63, 3.8) is 0 Å². The summed E-state index contributed by atoms with van der Waals surface area (Å²) in [6, 6.07) is 6.58. The molecular weight excluding hydrogens is 305 g/mol. The van der Waals surface area contributed by atoms with Gasteiger partial charge in [-0.2, -0.15) is 0 Å². The minimum absolute atomic E-state index is 0.127. The normalized spacial score (nSPS) is 24.7. The summed E-state index contributed by atoms with van der Waals surface area (Å²) >= 11 is 0. The molecule has 1 aromatic rings. The van der Waals surface area contributed by atoms with Crippen molar-refractivity contribution in [1.29, 1.82) is 0 Å². The predicted octanol–water partition coefficient (Wildman–Crippen LogP) is 2.86. The van der Waals surface area contributed by atoms with Gasteiger partial charge in [-0.15, -0.1) is 0 Å². The lowest BCUT2D eigenvalue weighted by Gasteiger charge is -2.37. The second kappa shape index (κ2) is 9.02. The molecule has 0 spiro atoms. The number of hydrogen-bond donors (Lipinski definition) is 3. The second-order valence-electron chi connectivity index (χ2n) is 6.91. The van der Waals surface area contributed by atoms with Gasteiger partial charge in [0.2, 0.25) is 0 Å². The van der Waals surface area contributed by atoms with Gasteiger partial charge in [0.25, 0.3) is 0 Å². The van der Waals surface area contributed by atoms with E-state index in [1.165, 1.54) is 12.1 Å². The molecule has 4 nitrogen and oxygen atoms in total. The number of hydrogen-bond acceptors (Lipinski definition) is 2. The Balaban J connectivity index is 1.87. The molecule has 0 aliphatic heterocycles. The molecule has 3 N–H and O–H groups in total. The van der Waals surface area contributed by atoms with Gasteiger partial charge in [0, 0.05) is 18.5 Å². The van der Waals surface area contributed by atoms with E-state index < -0.39 is 0 Å². The minimum Gasteiger partial charge on any atom is -0.392 e. The van der Waals surface area contributed by atoms with Crippen molar-refractivity contribution in [1.82, 2.24) is 10.6 Å². The molecule has 0 bridgehead atoms. The molecule has 2 atom stereocenters. The summed E-state index contributed by atoms with van der Waals surface area (Å²) < 4.78 is 12.9. The molecule has 0 heterocycles. The van der Waals surface area contributed by atoms with Crippen LogP contribution in [0.2, 0.25) is 0 Å². The monoisotopic (exact) mass is 335 g/mol. The fourth-order valence-electron chi connectivity index (χ4n) is 3.14. The molecule has 1 saturated carbocycles. The summed E-state index contributed by atoms with van der Waals surface area (Å²) in [6.07, 6.45) is 4.71. The summed E-state index contributed by atoms with van der Waals surface area (Å²) in [6.45, 7) is 6.31. The number of aliphatic hydroxyl groups excluding tert-OH is 1. The highest BCUT2D eigenvalue weighted by atomic mass is 19.1. The highest BCUT2D eigenvalue weighted by Crippen LogP contribution is 2.36. The molecule has 1 fully saturated rings. The van der Waals surface area contributed by atoms with Crippen LogP contribution in [0.25, 0.3) is 0 Å². The lowest BCUT2D eigenvalue weighted by molar-refractivity contribution is 0.00716. The first-order chi connectivity index (χ1) is 11.5. The molecule has 0 radical (unpaired) electrons. The van der Waals surface area contributed by atoms with Crippen molar-refractivity contribution in [3.05, 3.63) is 35.6 Å². The molecular formula is C19H30FN3O. The van der Waals surface area contributed by atoms with E-state index >= 15 is 0 Å².